The van der Waals surface area contributed by atoms with Crippen molar-refractivity contribution in [2.24, 2.45) is 0 Å². The second kappa shape index (κ2) is 4.52. The molecule has 80 valence electrons. The van der Waals surface area contributed by atoms with Gasteiger partial charge in [-0.3, -0.25) is 0 Å². The topological polar surface area (TPSA) is 9.23 Å². The minimum absolute atomic E-state index is 0.371. The lowest BCUT2D eigenvalue weighted by atomic mass is 9.98. The van der Waals surface area contributed by atoms with E-state index >= 15 is 0 Å². The molecule has 0 fully saturated rings. The summed E-state index contributed by atoms with van der Waals surface area (Å²) in [5, 5.41) is 0. The predicted molar refractivity (Wildman–Crippen MR) is 63.2 cm³/mol. The Morgan fingerprint density at radius 3 is 2.80 bits per heavy atom. The molecule has 0 aromatic heterocycles. The summed E-state index contributed by atoms with van der Waals surface area (Å²) < 4.78 is 5.94. The highest BCUT2D eigenvalue weighted by Crippen LogP contribution is 2.23. The maximum absolute atomic E-state index is 5.94. The van der Waals surface area contributed by atoms with Gasteiger partial charge in [-0.15, -0.1) is 0 Å². The molecule has 1 heteroatoms. The van der Waals surface area contributed by atoms with E-state index in [0.29, 0.717) is 6.10 Å². The number of aryl methyl sites for hydroxylation is 1. The van der Waals surface area contributed by atoms with E-state index in [1.807, 2.05) is 6.07 Å². The van der Waals surface area contributed by atoms with E-state index in [1.165, 1.54) is 17.6 Å². The molecule has 0 radical (unpaired) electrons. The van der Waals surface area contributed by atoms with Gasteiger partial charge in [0, 0.05) is 6.42 Å². The number of ether oxygens (including phenoxy) is 1. The lowest BCUT2D eigenvalue weighted by molar-refractivity contribution is 0.189. The van der Waals surface area contributed by atoms with Crippen LogP contribution in [-0.2, 0) is 0 Å². The Balaban J connectivity index is 1.98. The van der Waals surface area contributed by atoms with Crippen molar-refractivity contribution in [3.63, 3.8) is 0 Å². The van der Waals surface area contributed by atoms with Gasteiger partial charge >= 0.3 is 0 Å². The Morgan fingerprint density at radius 2 is 2.13 bits per heavy atom. The first-order chi connectivity index (χ1) is 7.24. The molecular weight excluding hydrogens is 184 g/mol. The van der Waals surface area contributed by atoms with Crippen molar-refractivity contribution in [2.75, 3.05) is 0 Å². The molecule has 0 saturated heterocycles. The summed E-state index contributed by atoms with van der Waals surface area (Å²) in [4.78, 5) is 0. The molecule has 1 unspecified atom stereocenters. The number of hydrogen-bond acceptors (Lipinski definition) is 1. The van der Waals surface area contributed by atoms with Crippen LogP contribution >= 0.6 is 0 Å². The van der Waals surface area contributed by atoms with E-state index < -0.39 is 0 Å². The van der Waals surface area contributed by atoms with Gasteiger partial charge in [-0.1, -0.05) is 23.8 Å². The molecule has 2 rings (SSSR count). The Morgan fingerprint density at radius 1 is 1.27 bits per heavy atom. The Bertz CT molecular complexity index is 365. The third-order valence-corrected chi connectivity index (χ3v) is 2.88. The van der Waals surface area contributed by atoms with Gasteiger partial charge in [0.2, 0.25) is 0 Å². The average Bonchev–Trinajstić information content (AvgIpc) is 2.22. The standard InChI is InChI=1S/C14H18O/c1-11-6-8-13(9-7-11)15-14-5-3-4-12(2)10-14/h3-6,10,13H,7-9H2,1-2H3. The monoisotopic (exact) mass is 202 g/mol. The summed E-state index contributed by atoms with van der Waals surface area (Å²) >= 11 is 0. The van der Waals surface area contributed by atoms with Gasteiger partial charge < -0.3 is 4.74 Å². The molecule has 0 aliphatic heterocycles. The van der Waals surface area contributed by atoms with Gasteiger partial charge in [-0.25, -0.2) is 0 Å². The third-order valence-electron chi connectivity index (χ3n) is 2.88. The number of rotatable bonds is 2. The van der Waals surface area contributed by atoms with Crippen LogP contribution in [0.3, 0.4) is 0 Å². The zero-order chi connectivity index (χ0) is 10.7. The highest BCUT2D eigenvalue weighted by atomic mass is 16.5. The van der Waals surface area contributed by atoms with Crippen LogP contribution in [-0.4, -0.2) is 6.10 Å². The third kappa shape index (κ3) is 2.85. The minimum Gasteiger partial charge on any atom is -0.490 e. The van der Waals surface area contributed by atoms with Crippen LogP contribution in [0.25, 0.3) is 0 Å². The summed E-state index contributed by atoms with van der Waals surface area (Å²) in [6.45, 7) is 4.29. The molecule has 1 aromatic carbocycles. The summed E-state index contributed by atoms with van der Waals surface area (Å²) in [6, 6.07) is 8.29. The van der Waals surface area contributed by atoms with Crippen LogP contribution in [0.15, 0.2) is 35.9 Å². The van der Waals surface area contributed by atoms with Gasteiger partial charge in [0.1, 0.15) is 11.9 Å². The molecule has 1 aliphatic rings. The Hall–Kier alpha value is -1.24. The predicted octanol–water partition coefficient (Wildman–Crippen LogP) is 3.87. The second-order valence-corrected chi connectivity index (χ2v) is 4.38. The highest BCUT2D eigenvalue weighted by Gasteiger charge is 2.13. The summed E-state index contributed by atoms with van der Waals surface area (Å²) in [7, 11) is 0. The molecule has 1 aliphatic carbocycles. The largest absolute Gasteiger partial charge is 0.490 e. The molecule has 0 heterocycles. The fourth-order valence-electron chi connectivity index (χ4n) is 1.93. The van der Waals surface area contributed by atoms with Crippen LogP contribution in [0.5, 0.6) is 5.75 Å². The molecular formula is C14H18O. The first-order valence-corrected chi connectivity index (χ1v) is 5.63. The van der Waals surface area contributed by atoms with Crippen LogP contribution in [0.2, 0.25) is 0 Å². The highest BCUT2D eigenvalue weighted by molar-refractivity contribution is 5.27. The van der Waals surface area contributed by atoms with Gasteiger partial charge in [0.15, 0.2) is 0 Å². The van der Waals surface area contributed by atoms with Gasteiger partial charge in [-0.2, -0.15) is 0 Å². The maximum Gasteiger partial charge on any atom is 0.119 e. The van der Waals surface area contributed by atoms with Crippen molar-refractivity contribution in [3.8, 4) is 5.75 Å². The molecule has 1 atom stereocenters. The average molecular weight is 202 g/mol. The number of benzene rings is 1. The second-order valence-electron chi connectivity index (χ2n) is 4.38. The molecule has 15 heavy (non-hydrogen) atoms. The summed E-state index contributed by atoms with van der Waals surface area (Å²) in [5.74, 6) is 1.01. The van der Waals surface area contributed by atoms with E-state index in [9.17, 15) is 0 Å². The Kier molecular flexibility index (Phi) is 3.10. The molecule has 1 nitrogen and oxygen atoms in total. The molecule has 0 N–H and O–H groups in total. The minimum atomic E-state index is 0.371. The quantitative estimate of drug-likeness (QED) is 0.661. The van der Waals surface area contributed by atoms with Gasteiger partial charge in [0.25, 0.3) is 0 Å². The van der Waals surface area contributed by atoms with Gasteiger partial charge in [0.05, 0.1) is 0 Å². The van der Waals surface area contributed by atoms with Gasteiger partial charge in [-0.05, 0) is 44.4 Å². The van der Waals surface area contributed by atoms with E-state index in [1.54, 1.807) is 0 Å². The van der Waals surface area contributed by atoms with Crippen LogP contribution in [0.1, 0.15) is 31.7 Å². The molecule has 0 spiro atoms. The van der Waals surface area contributed by atoms with E-state index in [0.717, 1.165) is 18.6 Å². The SMILES string of the molecule is CC1=CCC(Oc2cccc(C)c2)CC1. The maximum atomic E-state index is 5.94. The van der Waals surface area contributed by atoms with Crippen LogP contribution in [0, 0.1) is 6.92 Å². The van der Waals surface area contributed by atoms with E-state index in [2.05, 4.69) is 38.1 Å². The van der Waals surface area contributed by atoms with Crippen molar-refractivity contribution in [1.82, 2.24) is 0 Å². The van der Waals surface area contributed by atoms with E-state index in [-0.39, 0.29) is 0 Å². The first kappa shape index (κ1) is 10.3. The lowest BCUT2D eigenvalue weighted by Crippen LogP contribution is -2.18. The van der Waals surface area contributed by atoms with Crippen LogP contribution in [0.4, 0.5) is 0 Å². The number of hydrogen-bond donors (Lipinski definition) is 0. The lowest BCUT2D eigenvalue weighted by Gasteiger charge is -2.22. The van der Waals surface area contributed by atoms with E-state index in [4.69, 9.17) is 4.74 Å². The van der Waals surface area contributed by atoms with Crippen molar-refractivity contribution in [2.45, 2.75) is 39.2 Å². The fourth-order valence-corrected chi connectivity index (χ4v) is 1.93. The van der Waals surface area contributed by atoms with Crippen molar-refractivity contribution < 1.29 is 4.74 Å². The van der Waals surface area contributed by atoms with Crippen molar-refractivity contribution >= 4 is 0 Å². The molecule has 0 saturated carbocycles. The Labute approximate surface area is 91.8 Å². The van der Waals surface area contributed by atoms with Crippen molar-refractivity contribution in [1.29, 1.82) is 0 Å². The summed E-state index contributed by atoms with van der Waals surface area (Å²) in [5.41, 5.74) is 2.76. The number of allylic oxidation sites excluding steroid dienone is 1. The normalized spacial score (nSPS) is 20.9. The summed E-state index contributed by atoms with van der Waals surface area (Å²) in [6.07, 6.45) is 6.05. The first-order valence-electron chi connectivity index (χ1n) is 5.63. The zero-order valence-corrected chi connectivity index (χ0v) is 9.49. The smallest absolute Gasteiger partial charge is 0.119 e. The fraction of sp³-hybridized carbons (Fsp3) is 0.429. The molecule has 0 bridgehead atoms. The molecule has 1 aromatic rings. The zero-order valence-electron chi connectivity index (χ0n) is 9.49. The van der Waals surface area contributed by atoms with Crippen molar-refractivity contribution in [3.05, 3.63) is 41.5 Å². The van der Waals surface area contributed by atoms with Crippen LogP contribution < -0.4 is 4.74 Å². The molecule has 0 amide bonds.